The summed E-state index contributed by atoms with van der Waals surface area (Å²) in [6.45, 7) is 8.32. The Morgan fingerprint density at radius 1 is 1.20 bits per heavy atom. The number of nitrogens with zero attached hydrogens (tertiary/aromatic N) is 2. The summed E-state index contributed by atoms with van der Waals surface area (Å²) < 4.78 is 2.19. The Hall–Kier alpha value is -1.61. The predicted octanol–water partition coefficient (Wildman–Crippen LogP) is 2.92. The van der Waals surface area contributed by atoms with Crippen LogP contribution in [-0.2, 0) is 19.4 Å². The van der Waals surface area contributed by atoms with Gasteiger partial charge in [0.1, 0.15) is 0 Å². The third-order valence-corrected chi connectivity index (χ3v) is 4.62. The van der Waals surface area contributed by atoms with Crippen molar-refractivity contribution in [3.63, 3.8) is 0 Å². The van der Waals surface area contributed by atoms with Crippen molar-refractivity contribution < 1.29 is 0 Å². The molecule has 1 aliphatic heterocycles. The number of nitrogens with two attached hydrogens (primary N) is 1. The van der Waals surface area contributed by atoms with E-state index in [4.69, 9.17) is 10.8 Å². The second-order valence-electron chi connectivity index (χ2n) is 5.81. The summed E-state index contributed by atoms with van der Waals surface area (Å²) >= 11 is 0. The molecule has 0 saturated heterocycles. The minimum Gasteiger partial charge on any atom is -0.330 e. The van der Waals surface area contributed by atoms with E-state index in [1.54, 1.807) is 0 Å². The van der Waals surface area contributed by atoms with Crippen LogP contribution in [0.2, 0.25) is 0 Å². The van der Waals surface area contributed by atoms with Crippen LogP contribution in [0.5, 0.6) is 0 Å². The van der Waals surface area contributed by atoms with Gasteiger partial charge in [-0.2, -0.15) is 5.10 Å². The number of fused-ring (bicyclic) bond motifs is 1. The van der Waals surface area contributed by atoms with Crippen molar-refractivity contribution in [3.8, 4) is 11.1 Å². The van der Waals surface area contributed by atoms with Crippen LogP contribution in [0.25, 0.3) is 11.1 Å². The topological polar surface area (TPSA) is 43.8 Å². The highest BCUT2D eigenvalue weighted by molar-refractivity contribution is 5.74. The number of hydrogen-bond acceptors (Lipinski definition) is 2. The highest BCUT2D eigenvalue weighted by atomic mass is 15.3. The van der Waals surface area contributed by atoms with Crippen LogP contribution in [0.1, 0.15) is 34.5 Å². The van der Waals surface area contributed by atoms with E-state index < -0.39 is 0 Å². The largest absolute Gasteiger partial charge is 0.330 e. The van der Waals surface area contributed by atoms with Gasteiger partial charge in [-0.25, -0.2) is 0 Å². The first-order valence-electron chi connectivity index (χ1n) is 7.49. The quantitative estimate of drug-likeness (QED) is 0.931. The van der Waals surface area contributed by atoms with E-state index in [-0.39, 0.29) is 0 Å². The molecular formula is C17H23N3. The Bertz CT molecular complexity index is 653. The average molecular weight is 269 g/mol. The highest BCUT2D eigenvalue weighted by Crippen LogP contribution is 2.35. The van der Waals surface area contributed by atoms with E-state index in [0.29, 0.717) is 6.54 Å². The van der Waals surface area contributed by atoms with E-state index >= 15 is 0 Å². The maximum absolute atomic E-state index is 5.77. The molecule has 1 aromatic heterocycles. The van der Waals surface area contributed by atoms with Gasteiger partial charge < -0.3 is 5.73 Å². The third-order valence-electron chi connectivity index (χ3n) is 4.62. The first-order chi connectivity index (χ1) is 9.63. The molecule has 2 heterocycles. The molecule has 20 heavy (non-hydrogen) atoms. The first-order valence-corrected chi connectivity index (χ1v) is 7.49. The number of benzene rings is 1. The molecule has 3 nitrogen and oxygen atoms in total. The summed E-state index contributed by atoms with van der Waals surface area (Å²) in [6.07, 6.45) is 3.21. The molecule has 0 radical (unpaired) electrons. The molecule has 0 spiro atoms. The summed E-state index contributed by atoms with van der Waals surface area (Å²) in [4.78, 5) is 0. The predicted molar refractivity (Wildman–Crippen MR) is 83.0 cm³/mol. The minimum absolute atomic E-state index is 0.660. The van der Waals surface area contributed by atoms with Crippen molar-refractivity contribution in [2.75, 3.05) is 6.54 Å². The second-order valence-corrected chi connectivity index (χ2v) is 5.81. The van der Waals surface area contributed by atoms with Gasteiger partial charge in [0, 0.05) is 24.2 Å². The van der Waals surface area contributed by atoms with Gasteiger partial charge in [-0.05, 0) is 62.4 Å². The van der Waals surface area contributed by atoms with E-state index in [9.17, 15) is 0 Å². The zero-order valence-electron chi connectivity index (χ0n) is 12.7. The number of rotatable bonds is 3. The van der Waals surface area contributed by atoms with E-state index in [0.717, 1.165) is 19.4 Å². The molecule has 1 aliphatic rings. The maximum Gasteiger partial charge on any atom is 0.0718 e. The number of aromatic nitrogens is 2. The summed E-state index contributed by atoms with van der Waals surface area (Å²) in [6, 6.07) is 4.48. The second kappa shape index (κ2) is 5.06. The van der Waals surface area contributed by atoms with Gasteiger partial charge in [0.2, 0.25) is 0 Å². The molecule has 0 aliphatic carbocycles. The van der Waals surface area contributed by atoms with Crippen LogP contribution >= 0.6 is 0 Å². The fourth-order valence-electron chi connectivity index (χ4n) is 3.24. The van der Waals surface area contributed by atoms with Crippen LogP contribution < -0.4 is 5.73 Å². The molecule has 0 bridgehead atoms. The van der Waals surface area contributed by atoms with Gasteiger partial charge in [0.05, 0.1) is 5.69 Å². The van der Waals surface area contributed by atoms with Crippen molar-refractivity contribution in [2.24, 2.45) is 5.73 Å². The molecule has 2 aromatic rings. The SMILES string of the molecule is Cc1ccc(-c2c(CCN)nn3c2CCC3)c(C)c1C. The van der Waals surface area contributed by atoms with Gasteiger partial charge in [0.25, 0.3) is 0 Å². The van der Waals surface area contributed by atoms with Crippen LogP contribution in [0.4, 0.5) is 0 Å². The van der Waals surface area contributed by atoms with Gasteiger partial charge >= 0.3 is 0 Å². The Labute approximate surface area is 120 Å². The lowest BCUT2D eigenvalue weighted by Crippen LogP contribution is -2.05. The Morgan fingerprint density at radius 3 is 2.75 bits per heavy atom. The fraction of sp³-hybridized carbons (Fsp3) is 0.471. The van der Waals surface area contributed by atoms with Crippen molar-refractivity contribution in [3.05, 3.63) is 40.2 Å². The molecule has 3 rings (SSSR count). The van der Waals surface area contributed by atoms with Crippen LogP contribution in [-0.4, -0.2) is 16.3 Å². The minimum atomic E-state index is 0.660. The molecule has 106 valence electrons. The molecule has 2 N–H and O–H groups in total. The van der Waals surface area contributed by atoms with E-state index in [1.807, 2.05) is 0 Å². The van der Waals surface area contributed by atoms with Crippen molar-refractivity contribution in [2.45, 2.75) is 46.6 Å². The molecule has 3 heteroatoms. The lowest BCUT2D eigenvalue weighted by Gasteiger charge is -2.13. The summed E-state index contributed by atoms with van der Waals surface area (Å²) in [5.41, 5.74) is 15.2. The van der Waals surface area contributed by atoms with Crippen molar-refractivity contribution >= 4 is 0 Å². The molecule has 0 unspecified atom stereocenters. The number of hydrogen-bond donors (Lipinski definition) is 1. The monoisotopic (exact) mass is 269 g/mol. The van der Waals surface area contributed by atoms with Crippen molar-refractivity contribution in [1.82, 2.24) is 9.78 Å². The van der Waals surface area contributed by atoms with E-state index in [2.05, 4.69) is 37.6 Å². The zero-order chi connectivity index (χ0) is 14.3. The van der Waals surface area contributed by atoms with Gasteiger partial charge in [-0.15, -0.1) is 0 Å². The first kappa shape index (κ1) is 13.4. The van der Waals surface area contributed by atoms with Crippen molar-refractivity contribution in [1.29, 1.82) is 0 Å². The maximum atomic E-state index is 5.77. The summed E-state index contributed by atoms with van der Waals surface area (Å²) in [7, 11) is 0. The van der Waals surface area contributed by atoms with E-state index in [1.165, 1.54) is 45.6 Å². The average Bonchev–Trinajstić information content (AvgIpc) is 2.98. The Morgan fingerprint density at radius 2 is 2.00 bits per heavy atom. The molecule has 0 saturated carbocycles. The van der Waals surface area contributed by atoms with Crippen LogP contribution in [0.15, 0.2) is 12.1 Å². The molecule has 0 amide bonds. The summed E-state index contributed by atoms with van der Waals surface area (Å²) in [5.74, 6) is 0. The van der Waals surface area contributed by atoms with Gasteiger partial charge in [-0.3, -0.25) is 4.68 Å². The standard InChI is InChI=1S/C17H23N3/c1-11-6-7-14(13(3)12(11)2)17-15(8-9-18)19-20-10-4-5-16(17)20/h6-7H,4-5,8-10,18H2,1-3H3. The molecule has 0 atom stereocenters. The Balaban J connectivity index is 2.21. The lowest BCUT2D eigenvalue weighted by atomic mass is 9.91. The molecule has 0 fully saturated rings. The molecular weight excluding hydrogens is 246 g/mol. The highest BCUT2D eigenvalue weighted by Gasteiger charge is 2.23. The smallest absolute Gasteiger partial charge is 0.0718 e. The lowest BCUT2D eigenvalue weighted by molar-refractivity contribution is 0.643. The summed E-state index contributed by atoms with van der Waals surface area (Å²) in [5, 5.41) is 4.79. The number of aryl methyl sites for hydroxylation is 2. The normalized spacial score (nSPS) is 13.8. The van der Waals surface area contributed by atoms with Gasteiger partial charge in [-0.1, -0.05) is 12.1 Å². The Kier molecular flexibility index (Phi) is 3.38. The fourth-order valence-corrected chi connectivity index (χ4v) is 3.24. The third kappa shape index (κ3) is 1.97. The van der Waals surface area contributed by atoms with Crippen LogP contribution in [0.3, 0.4) is 0 Å². The zero-order valence-corrected chi connectivity index (χ0v) is 12.7. The van der Waals surface area contributed by atoms with Crippen LogP contribution in [0, 0.1) is 20.8 Å². The van der Waals surface area contributed by atoms with Gasteiger partial charge in [0.15, 0.2) is 0 Å². The molecule has 1 aromatic carbocycles.